The average Bonchev–Trinajstić information content (AvgIpc) is 3.15. The third-order valence-electron chi connectivity index (χ3n) is 4.20. The molecular weight excluding hydrogens is 311 g/mol. The fourth-order valence-corrected chi connectivity index (χ4v) is 2.92. The zero-order valence-electron chi connectivity index (χ0n) is 12.3. The first-order chi connectivity index (χ1) is 10.9. The molecule has 1 atom stereocenters. The van der Waals surface area contributed by atoms with E-state index in [0.717, 1.165) is 0 Å². The lowest BCUT2D eigenvalue weighted by Crippen LogP contribution is -2.32. The number of benzene rings is 1. The van der Waals surface area contributed by atoms with Gasteiger partial charge in [0.05, 0.1) is 5.92 Å². The van der Waals surface area contributed by atoms with Crippen molar-refractivity contribution >= 4 is 17.6 Å². The van der Waals surface area contributed by atoms with Crippen LogP contribution in [0.15, 0.2) is 24.3 Å². The summed E-state index contributed by atoms with van der Waals surface area (Å²) in [6, 6.07) is 6.19. The third kappa shape index (κ3) is 3.11. The fourth-order valence-electron chi connectivity index (χ4n) is 2.92. The molecule has 8 heteroatoms. The number of nitrogens with one attached hydrogen (secondary N) is 1. The van der Waals surface area contributed by atoms with Crippen LogP contribution in [-0.4, -0.2) is 49.2 Å². The van der Waals surface area contributed by atoms with Gasteiger partial charge >= 0.3 is 12.2 Å². The van der Waals surface area contributed by atoms with Gasteiger partial charge in [-0.1, -0.05) is 6.07 Å². The third-order valence-corrected chi connectivity index (χ3v) is 4.20. The summed E-state index contributed by atoms with van der Waals surface area (Å²) in [6.07, 6.45) is -4.34. The van der Waals surface area contributed by atoms with Crippen molar-refractivity contribution in [2.45, 2.75) is 12.6 Å². The minimum Gasteiger partial charge on any atom is -0.338 e. The van der Waals surface area contributed by atoms with E-state index in [1.807, 2.05) is 0 Å². The largest absolute Gasteiger partial charge is 0.393 e. The number of hydrogen-bond acceptors (Lipinski definition) is 2. The van der Waals surface area contributed by atoms with Crippen LogP contribution >= 0.6 is 0 Å². The number of carbonyl (C=O) groups excluding carboxylic acids is 2. The van der Waals surface area contributed by atoms with Gasteiger partial charge in [0, 0.05) is 37.4 Å². The first-order valence-corrected chi connectivity index (χ1v) is 7.37. The summed E-state index contributed by atoms with van der Waals surface area (Å²) in [5, 5.41) is 2.66. The van der Waals surface area contributed by atoms with Gasteiger partial charge in [0.25, 0.3) is 5.91 Å². The Morgan fingerprint density at radius 2 is 2.04 bits per heavy atom. The molecule has 23 heavy (non-hydrogen) atoms. The van der Waals surface area contributed by atoms with Gasteiger partial charge in [-0.05, 0) is 24.6 Å². The predicted octanol–water partition coefficient (Wildman–Crippen LogP) is 2.24. The lowest BCUT2D eigenvalue weighted by Gasteiger charge is -2.19. The molecule has 0 aromatic heterocycles. The Balaban J connectivity index is 1.75. The minimum atomic E-state index is -4.27. The number of carbonyl (C=O) groups is 2. The zero-order valence-corrected chi connectivity index (χ0v) is 12.3. The van der Waals surface area contributed by atoms with E-state index in [0.29, 0.717) is 24.3 Å². The molecule has 5 nitrogen and oxygen atoms in total. The Kier molecular flexibility index (Phi) is 3.91. The smallest absolute Gasteiger partial charge is 0.338 e. The molecule has 0 spiro atoms. The molecule has 2 saturated heterocycles. The standard InChI is InChI=1S/C15H16F3N3O2/c16-15(17,18)11-4-6-20(9-11)13(22)10-2-1-3-12(8-10)21-7-5-19-14(21)23/h1-3,8,11H,4-7,9H2,(H,19,23). The van der Waals surface area contributed by atoms with Gasteiger partial charge in [-0.25, -0.2) is 4.79 Å². The number of rotatable bonds is 2. The highest BCUT2D eigenvalue weighted by atomic mass is 19.4. The summed E-state index contributed by atoms with van der Waals surface area (Å²) >= 11 is 0. The molecule has 1 aromatic rings. The van der Waals surface area contributed by atoms with E-state index in [1.165, 1.54) is 9.80 Å². The molecular formula is C15H16F3N3O2. The normalized spacial score (nSPS) is 21.7. The van der Waals surface area contributed by atoms with Crippen LogP contribution in [0.25, 0.3) is 0 Å². The predicted molar refractivity (Wildman–Crippen MR) is 77.3 cm³/mol. The maximum absolute atomic E-state index is 12.7. The fraction of sp³-hybridized carbons (Fsp3) is 0.467. The van der Waals surface area contributed by atoms with Crippen LogP contribution in [0.3, 0.4) is 0 Å². The van der Waals surface area contributed by atoms with Crippen molar-refractivity contribution in [3.8, 4) is 0 Å². The molecule has 2 aliphatic rings. The van der Waals surface area contributed by atoms with Crippen LogP contribution in [0.4, 0.5) is 23.7 Å². The maximum atomic E-state index is 12.7. The number of halogens is 3. The quantitative estimate of drug-likeness (QED) is 0.906. The topological polar surface area (TPSA) is 52.7 Å². The Hall–Kier alpha value is -2.25. The lowest BCUT2D eigenvalue weighted by molar-refractivity contribution is -0.169. The molecule has 0 saturated carbocycles. The first-order valence-electron chi connectivity index (χ1n) is 7.37. The summed E-state index contributed by atoms with van der Waals surface area (Å²) in [4.78, 5) is 26.8. The summed E-state index contributed by atoms with van der Waals surface area (Å²) in [5.74, 6) is -1.89. The second-order valence-corrected chi connectivity index (χ2v) is 5.71. The number of anilines is 1. The van der Waals surface area contributed by atoms with Crippen molar-refractivity contribution in [1.82, 2.24) is 10.2 Å². The van der Waals surface area contributed by atoms with Gasteiger partial charge in [-0.3, -0.25) is 9.69 Å². The van der Waals surface area contributed by atoms with Gasteiger partial charge in [-0.2, -0.15) is 13.2 Å². The molecule has 1 N–H and O–H groups in total. The van der Waals surface area contributed by atoms with E-state index < -0.39 is 18.0 Å². The number of urea groups is 1. The molecule has 0 aliphatic carbocycles. The molecule has 1 aromatic carbocycles. The van der Waals surface area contributed by atoms with E-state index >= 15 is 0 Å². The van der Waals surface area contributed by atoms with Crippen molar-refractivity contribution in [3.05, 3.63) is 29.8 Å². The Morgan fingerprint density at radius 1 is 1.26 bits per heavy atom. The Morgan fingerprint density at radius 3 is 2.65 bits per heavy atom. The van der Waals surface area contributed by atoms with Crippen molar-refractivity contribution in [2.24, 2.45) is 5.92 Å². The van der Waals surface area contributed by atoms with Gasteiger partial charge in [0.2, 0.25) is 0 Å². The SMILES string of the molecule is O=C(c1cccc(N2CCNC2=O)c1)N1CCC(C(F)(F)F)C1. The monoisotopic (exact) mass is 327 g/mol. The second-order valence-electron chi connectivity index (χ2n) is 5.71. The highest BCUT2D eigenvalue weighted by molar-refractivity contribution is 5.98. The Labute approximate surface area is 131 Å². The molecule has 1 unspecified atom stereocenters. The van der Waals surface area contributed by atoms with E-state index in [4.69, 9.17) is 0 Å². The molecule has 0 radical (unpaired) electrons. The molecule has 2 fully saturated rings. The molecule has 3 rings (SSSR count). The van der Waals surface area contributed by atoms with Crippen LogP contribution in [0, 0.1) is 5.92 Å². The van der Waals surface area contributed by atoms with Crippen LogP contribution in [0.2, 0.25) is 0 Å². The van der Waals surface area contributed by atoms with Crippen molar-refractivity contribution in [1.29, 1.82) is 0 Å². The lowest BCUT2D eigenvalue weighted by atomic mass is 10.1. The van der Waals surface area contributed by atoms with Crippen molar-refractivity contribution in [2.75, 3.05) is 31.1 Å². The van der Waals surface area contributed by atoms with Crippen molar-refractivity contribution in [3.63, 3.8) is 0 Å². The summed E-state index contributed by atoms with van der Waals surface area (Å²) in [7, 11) is 0. The molecule has 3 amide bonds. The number of amides is 3. The van der Waals surface area contributed by atoms with E-state index in [9.17, 15) is 22.8 Å². The van der Waals surface area contributed by atoms with Gasteiger partial charge < -0.3 is 10.2 Å². The Bertz CT molecular complexity index is 633. The highest BCUT2D eigenvalue weighted by Gasteiger charge is 2.44. The number of hydrogen-bond donors (Lipinski definition) is 1. The average molecular weight is 327 g/mol. The highest BCUT2D eigenvalue weighted by Crippen LogP contribution is 2.34. The summed E-state index contributed by atoms with van der Waals surface area (Å²) in [6.45, 7) is 0.806. The van der Waals surface area contributed by atoms with E-state index in [1.54, 1.807) is 24.3 Å². The van der Waals surface area contributed by atoms with Gasteiger partial charge in [0.15, 0.2) is 0 Å². The minimum absolute atomic E-state index is 0.0660. The summed E-state index contributed by atoms with van der Waals surface area (Å²) < 4.78 is 38.2. The number of nitrogens with zero attached hydrogens (tertiary/aromatic N) is 2. The van der Waals surface area contributed by atoms with Crippen LogP contribution in [-0.2, 0) is 0 Å². The summed E-state index contributed by atoms with van der Waals surface area (Å²) in [5.41, 5.74) is 0.863. The van der Waals surface area contributed by atoms with Crippen LogP contribution in [0.5, 0.6) is 0 Å². The van der Waals surface area contributed by atoms with Crippen LogP contribution < -0.4 is 10.2 Å². The van der Waals surface area contributed by atoms with Gasteiger partial charge in [-0.15, -0.1) is 0 Å². The van der Waals surface area contributed by atoms with E-state index in [-0.39, 0.29) is 25.5 Å². The molecule has 0 bridgehead atoms. The zero-order chi connectivity index (χ0) is 16.6. The molecule has 2 heterocycles. The second kappa shape index (κ2) is 5.75. The van der Waals surface area contributed by atoms with E-state index in [2.05, 4.69) is 5.32 Å². The van der Waals surface area contributed by atoms with Gasteiger partial charge in [0.1, 0.15) is 0 Å². The van der Waals surface area contributed by atoms with Crippen LogP contribution in [0.1, 0.15) is 16.8 Å². The number of likely N-dealkylation sites (tertiary alicyclic amines) is 1. The molecule has 2 aliphatic heterocycles. The first kappa shape index (κ1) is 15.6. The molecule has 124 valence electrons. The maximum Gasteiger partial charge on any atom is 0.393 e. The number of alkyl halides is 3. The van der Waals surface area contributed by atoms with Crippen molar-refractivity contribution < 1.29 is 22.8 Å².